The average Bonchev–Trinajstić information content (AvgIpc) is 3.18. The Morgan fingerprint density at radius 3 is 2.52 bits per heavy atom. The molecule has 0 saturated carbocycles. The van der Waals surface area contributed by atoms with Crippen molar-refractivity contribution in [1.29, 1.82) is 0 Å². The van der Waals surface area contributed by atoms with Gasteiger partial charge in [-0.1, -0.05) is 24.3 Å². The molecule has 1 amide bonds. The molecule has 160 valence electrons. The van der Waals surface area contributed by atoms with Gasteiger partial charge in [0, 0.05) is 37.6 Å². The third-order valence-electron chi connectivity index (χ3n) is 5.47. The molecule has 0 aliphatic carbocycles. The average molecular weight is 436 g/mol. The highest BCUT2D eigenvalue weighted by atomic mass is 32.2. The number of para-hydroxylation sites is 1. The normalized spacial score (nSPS) is 13.1. The van der Waals surface area contributed by atoms with E-state index in [0.717, 1.165) is 16.8 Å². The molecule has 3 aromatic carbocycles. The van der Waals surface area contributed by atoms with Gasteiger partial charge in [0.1, 0.15) is 0 Å². The quantitative estimate of drug-likeness (QED) is 0.656. The third-order valence-corrected chi connectivity index (χ3v) is 7.27. The molecule has 31 heavy (non-hydrogen) atoms. The van der Waals surface area contributed by atoms with E-state index in [1.165, 1.54) is 16.4 Å². The van der Waals surface area contributed by atoms with Crippen LogP contribution in [0.4, 0.5) is 17.1 Å². The molecule has 6 nitrogen and oxygen atoms in total. The summed E-state index contributed by atoms with van der Waals surface area (Å²) in [7, 11) is 0.172. The number of anilines is 3. The van der Waals surface area contributed by atoms with Gasteiger partial charge in [-0.3, -0.25) is 9.10 Å². The van der Waals surface area contributed by atoms with E-state index in [1.807, 2.05) is 68.4 Å². The van der Waals surface area contributed by atoms with Crippen LogP contribution in [0.25, 0.3) is 0 Å². The first kappa shape index (κ1) is 20.9. The van der Waals surface area contributed by atoms with Crippen LogP contribution in [0.15, 0.2) is 71.6 Å². The van der Waals surface area contributed by atoms with E-state index in [-0.39, 0.29) is 10.8 Å². The molecule has 1 N–H and O–H groups in total. The summed E-state index contributed by atoms with van der Waals surface area (Å²) >= 11 is 0. The number of carbonyl (C=O) groups is 1. The molecule has 0 radical (unpaired) electrons. The number of benzene rings is 3. The van der Waals surface area contributed by atoms with E-state index in [2.05, 4.69) is 5.32 Å². The topological polar surface area (TPSA) is 69.7 Å². The lowest BCUT2D eigenvalue weighted by atomic mass is 10.1. The van der Waals surface area contributed by atoms with Gasteiger partial charge in [-0.25, -0.2) is 8.42 Å². The Morgan fingerprint density at radius 2 is 1.77 bits per heavy atom. The van der Waals surface area contributed by atoms with E-state index in [4.69, 9.17) is 0 Å². The molecule has 1 aliphatic heterocycles. The standard InChI is InChI=1S/C24H25N3O3S/c1-17-15-20(11-12-22(17)26(2)3)25-24(28)19-8-6-9-21(16-19)31(29,30)27-14-13-18-7-4-5-10-23(18)27/h4-12,15-16H,13-14H2,1-3H3,(H,25,28). The van der Waals surface area contributed by atoms with Crippen molar-refractivity contribution in [1.82, 2.24) is 0 Å². The number of sulfonamides is 1. The van der Waals surface area contributed by atoms with E-state index in [9.17, 15) is 13.2 Å². The molecule has 4 rings (SSSR count). The lowest BCUT2D eigenvalue weighted by Gasteiger charge is -2.20. The van der Waals surface area contributed by atoms with Crippen molar-refractivity contribution in [3.63, 3.8) is 0 Å². The van der Waals surface area contributed by atoms with Crippen LogP contribution in [0.1, 0.15) is 21.5 Å². The van der Waals surface area contributed by atoms with Crippen LogP contribution in [0.5, 0.6) is 0 Å². The summed E-state index contributed by atoms with van der Waals surface area (Å²) in [4.78, 5) is 14.9. The summed E-state index contributed by atoms with van der Waals surface area (Å²) in [5.41, 5.74) is 4.77. The Morgan fingerprint density at radius 1 is 1.00 bits per heavy atom. The van der Waals surface area contributed by atoms with Crippen molar-refractivity contribution >= 4 is 33.0 Å². The minimum Gasteiger partial charge on any atom is -0.377 e. The first-order valence-electron chi connectivity index (χ1n) is 10.1. The van der Waals surface area contributed by atoms with Gasteiger partial charge in [0.25, 0.3) is 15.9 Å². The van der Waals surface area contributed by atoms with Gasteiger partial charge in [0.05, 0.1) is 10.6 Å². The van der Waals surface area contributed by atoms with Crippen LogP contribution < -0.4 is 14.5 Å². The molecule has 0 fully saturated rings. The highest BCUT2D eigenvalue weighted by Gasteiger charge is 2.30. The number of aryl methyl sites for hydroxylation is 1. The number of nitrogens with zero attached hydrogens (tertiary/aromatic N) is 2. The number of amides is 1. The van der Waals surface area contributed by atoms with E-state index in [1.54, 1.807) is 12.1 Å². The minimum absolute atomic E-state index is 0.107. The van der Waals surface area contributed by atoms with Gasteiger partial charge < -0.3 is 10.2 Å². The molecule has 0 aromatic heterocycles. The van der Waals surface area contributed by atoms with E-state index in [0.29, 0.717) is 29.9 Å². The Bertz CT molecular complexity index is 1250. The number of nitrogens with one attached hydrogen (secondary N) is 1. The summed E-state index contributed by atoms with van der Waals surface area (Å²) in [6.07, 6.45) is 0.678. The number of hydrogen-bond acceptors (Lipinski definition) is 4. The predicted molar refractivity (Wildman–Crippen MR) is 125 cm³/mol. The van der Waals surface area contributed by atoms with Gasteiger partial charge in [0.2, 0.25) is 0 Å². The lowest BCUT2D eigenvalue weighted by Crippen LogP contribution is -2.29. The molecule has 1 aliphatic rings. The van der Waals surface area contributed by atoms with Crippen LogP contribution >= 0.6 is 0 Å². The molecule has 0 unspecified atom stereocenters. The molecule has 0 atom stereocenters. The molecule has 3 aromatic rings. The Hall–Kier alpha value is -3.32. The Balaban J connectivity index is 1.58. The number of fused-ring (bicyclic) bond motifs is 1. The monoisotopic (exact) mass is 435 g/mol. The SMILES string of the molecule is Cc1cc(NC(=O)c2cccc(S(=O)(=O)N3CCc4ccccc43)c2)ccc1N(C)C. The number of hydrogen-bond donors (Lipinski definition) is 1. The number of rotatable bonds is 5. The molecule has 0 spiro atoms. The van der Waals surface area contributed by atoms with Crippen LogP contribution in [0, 0.1) is 6.92 Å². The number of carbonyl (C=O) groups excluding carboxylic acids is 1. The smallest absolute Gasteiger partial charge is 0.264 e. The maximum absolute atomic E-state index is 13.3. The first-order valence-corrected chi connectivity index (χ1v) is 11.5. The fraction of sp³-hybridized carbons (Fsp3) is 0.208. The maximum Gasteiger partial charge on any atom is 0.264 e. The second kappa shape index (κ2) is 8.07. The van der Waals surface area contributed by atoms with Gasteiger partial charge >= 0.3 is 0 Å². The summed E-state index contributed by atoms with van der Waals surface area (Å²) in [5.74, 6) is -0.351. The highest BCUT2D eigenvalue weighted by Crippen LogP contribution is 2.33. The van der Waals surface area contributed by atoms with Crippen LogP contribution in [-0.2, 0) is 16.4 Å². The largest absolute Gasteiger partial charge is 0.377 e. The van der Waals surface area contributed by atoms with Crippen molar-refractivity contribution in [2.24, 2.45) is 0 Å². The third kappa shape index (κ3) is 4.01. The van der Waals surface area contributed by atoms with Gasteiger partial charge in [-0.05, 0) is 66.9 Å². The summed E-state index contributed by atoms with van der Waals surface area (Å²) in [6.45, 7) is 2.38. The second-order valence-electron chi connectivity index (χ2n) is 7.83. The van der Waals surface area contributed by atoms with Crippen molar-refractivity contribution in [3.8, 4) is 0 Å². The Kier molecular flexibility index (Phi) is 5.45. The molecule has 1 heterocycles. The summed E-state index contributed by atoms with van der Waals surface area (Å²) in [5, 5.41) is 2.86. The van der Waals surface area contributed by atoms with Crippen molar-refractivity contribution in [3.05, 3.63) is 83.4 Å². The first-order chi connectivity index (χ1) is 14.8. The van der Waals surface area contributed by atoms with Crippen molar-refractivity contribution < 1.29 is 13.2 Å². The summed E-state index contributed by atoms with van der Waals surface area (Å²) in [6, 6.07) is 19.4. The van der Waals surface area contributed by atoms with Crippen LogP contribution in [0.2, 0.25) is 0 Å². The summed E-state index contributed by atoms with van der Waals surface area (Å²) < 4.78 is 28.0. The maximum atomic E-state index is 13.3. The van der Waals surface area contributed by atoms with Crippen molar-refractivity contribution in [2.45, 2.75) is 18.2 Å². The predicted octanol–water partition coefficient (Wildman–Crippen LogP) is 4.06. The second-order valence-corrected chi connectivity index (χ2v) is 9.70. The van der Waals surface area contributed by atoms with Gasteiger partial charge in [-0.2, -0.15) is 0 Å². The minimum atomic E-state index is -3.76. The van der Waals surface area contributed by atoms with E-state index >= 15 is 0 Å². The fourth-order valence-electron chi connectivity index (χ4n) is 3.92. The highest BCUT2D eigenvalue weighted by molar-refractivity contribution is 7.92. The fourth-order valence-corrected chi connectivity index (χ4v) is 5.47. The van der Waals surface area contributed by atoms with Gasteiger partial charge in [-0.15, -0.1) is 0 Å². The zero-order chi connectivity index (χ0) is 22.2. The van der Waals surface area contributed by atoms with Crippen molar-refractivity contribution in [2.75, 3.05) is 35.2 Å². The Labute approximate surface area is 183 Å². The molecule has 0 saturated heterocycles. The molecular weight excluding hydrogens is 410 g/mol. The van der Waals surface area contributed by atoms with Crippen LogP contribution in [0.3, 0.4) is 0 Å². The van der Waals surface area contributed by atoms with Gasteiger partial charge in [0.15, 0.2) is 0 Å². The zero-order valence-electron chi connectivity index (χ0n) is 17.8. The zero-order valence-corrected chi connectivity index (χ0v) is 18.6. The van der Waals surface area contributed by atoms with Crippen LogP contribution in [-0.4, -0.2) is 35.0 Å². The molecule has 7 heteroatoms. The molecule has 0 bridgehead atoms. The van der Waals surface area contributed by atoms with E-state index < -0.39 is 10.0 Å². The lowest BCUT2D eigenvalue weighted by molar-refractivity contribution is 0.102. The molecular formula is C24H25N3O3S.